The van der Waals surface area contributed by atoms with Gasteiger partial charge in [0.05, 0.1) is 18.9 Å². The summed E-state index contributed by atoms with van der Waals surface area (Å²) in [4.78, 5) is 18.7. The van der Waals surface area contributed by atoms with Crippen LogP contribution in [0.4, 0.5) is 4.39 Å². The normalized spacial score (nSPS) is 15.2. The fraction of sp³-hybridized carbons (Fsp3) is 0.444. The molecule has 1 aromatic heterocycles. The van der Waals surface area contributed by atoms with Gasteiger partial charge < -0.3 is 10.1 Å². The molecule has 1 saturated heterocycles. The smallest absolute Gasteiger partial charge is 0.220 e. The molecule has 2 aromatic rings. The average Bonchev–Trinajstić information content (AvgIpc) is 3.10. The zero-order valence-corrected chi connectivity index (χ0v) is 14.9. The molecular weight excluding hydrogens is 341 g/mol. The molecule has 1 N–H and O–H groups in total. The largest absolute Gasteiger partial charge is 0.379 e. The molecule has 3 rings (SSSR count). The van der Waals surface area contributed by atoms with Gasteiger partial charge in [-0.3, -0.25) is 9.69 Å². The molecule has 7 heteroatoms. The number of nitrogens with one attached hydrogen (secondary N) is 1. The molecule has 1 aromatic carbocycles. The van der Waals surface area contributed by atoms with Gasteiger partial charge in [-0.05, 0) is 18.6 Å². The van der Waals surface area contributed by atoms with Crippen molar-refractivity contribution in [1.82, 2.24) is 15.2 Å². The second-order valence-electron chi connectivity index (χ2n) is 5.93. The number of ether oxygens (including phenoxy) is 1. The van der Waals surface area contributed by atoms with Crippen molar-refractivity contribution in [3.8, 4) is 10.6 Å². The van der Waals surface area contributed by atoms with Crippen LogP contribution < -0.4 is 5.32 Å². The standard InChI is InChI=1S/C18H22FN3O2S/c19-16-4-2-1-3-15(16)18-21-14(13-25-18)5-6-17(23)20-7-8-22-9-11-24-12-10-22/h1-4,13H,5-12H2,(H,20,23). The van der Waals surface area contributed by atoms with Crippen molar-refractivity contribution in [2.45, 2.75) is 12.8 Å². The minimum absolute atomic E-state index is 0.0219. The summed E-state index contributed by atoms with van der Waals surface area (Å²) >= 11 is 1.40. The second-order valence-corrected chi connectivity index (χ2v) is 6.79. The van der Waals surface area contributed by atoms with E-state index < -0.39 is 0 Å². The lowest BCUT2D eigenvalue weighted by molar-refractivity contribution is -0.121. The number of carbonyl (C=O) groups is 1. The Bertz CT molecular complexity index is 701. The van der Waals surface area contributed by atoms with Gasteiger partial charge in [-0.1, -0.05) is 12.1 Å². The molecule has 1 fully saturated rings. The first-order valence-electron chi connectivity index (χ1n) is 8.48. The van der Waals surface area contributed by atoms with E-state index in [0.717, 1.165) is 38.5 Å². The van der Waals surface area contributed by atoms with Gasteiger partial charge in [0.25, 0.3) is 0 Å². The number of thiazole rings is 1. The number of morpholine rings is 1. The molecule has 2 heterocycles. The summed E-state index contributed by atoms with van der Waals surface area (Å²) in [6.07, 6.45) is 0.956. The van der Waals surface area contributed by atoms with Crippen molar-refractivity contribution in [1.29, 1.82) is 0 Å². The van der Waals surface area contributed by atoms with Crippen LogP contribution in [0.15, 0.2) is 29.6 Å². The van der Waals surface area contributed by atoms with Gasteiger partial charge in [-0.2, -0.15) is 0 Å². The second kappa shape index (κ2) is 9.03. The van der Waals surface area contributed by atoms with Crippen molar-refractivity contribution in [2.75, 3.05) is 39.4 Å². The number of benzene rings is 1. The first-order valence-corrected chi connectivity index (χ1v) is 9.36. The fourth-order valence-corrected chi connectivity index (χ4v) is 3.57. The Morgan fingerprint density at radius 2 is 2.12 bits per heavy atom. The number of halogens is 1. The molecule has 134 valence electrons. The van der Waals surface area contributed by atoms with Gasteiger partial charge in [0.1, 0.15) is 10.8 Å². The van der Waals surface area contributed by atoms with Gasteiger partial charge in [-0.15, -0.1) is 11.3 Å². The average molecular weight is 363 g/mol. The van der Waals surface area contributed by atoms with Gasteiger partial charge >= 0.3 is 0 Å². The SMILES string of the molecule is O=C(CCc1csc(-c2ccccc2F)n1)NCCN1CCOCC1. The van der Waals surface area contributed by atoms with E-state index in [4.69, 9.17) is 4.74 Å². The van der Waals surface area contributed by atoms with Crippen molar-refractivity contribution in [2.24, 2.45) is 0 Å². The monoisotopic (exact) mass is 363 g/mol. The quantitative estimate of drug-likeness (QED) is 0.820. The number of amides is 1. The van der Waals surface area contributed by atoms with Crippen LogP contribution in [0.1, 0.15) is 12.1 Å². The van der Waals surface area contributed by atoms with Crippen molar-refractivity contribution >= 4 is 17.2 Å². The van der Waals surface area contributed by atoms with E-state index in [1.807, 2.05) is 5.38 Å². The Labute approximate surface area is 150 Å². The highest BCUT2D eigenvalue weighted by Gasteiger charge is 2.12. The molecule has 0 radical (unpaired) electrons. The van der Waals surface area contributed by atoms with Crippen LogP contribution in [0, 0.1) is 5.82 Å². The highest BCUT2D eigenvalue weighted by atomic mass is 32.1. The zero-order chi connectivity index (χ0) is 17.5. The summed E-state index contributed by atoms with van der Waals surface area (Å²) in [6, 6.07) is 6.60. The van der Waals surface area contributed by atoms with Crippen LogP contribution in [-0.2, 0) is 16.0 Å². The topological polar surface area (TPSA) is 54.5 Å². The summed E-state index contributed by atoms with van der Waals surface area (Å²) in [5.41, 5.74) is 1.33. The number of aryl methyl sites for hydroxylation is 1. The highest BCUT2D eigenvalue weighted by Crippen LogP contribution is 2.26. The molecule has 0 saturated carbocycles. The van der Waals surface area contributed by atoms with Crippen LogP contribution in [0.25, 0.3) is 10.6 Å². The maximum atomic E-state index is 13.8. The van der Waals surface area contributed by atoms with Crippen LogP contribution in [0.5, 0.6) is 0 Å². The van der Waals surface area contributed by atoms with Gasteiger partial charge in [-0.25, -0.2) is 9.37 Å². The summed E-state index contributed by atoms with van der Waals surface area (Å²) in [5, 5.41) is 5.49. The van der Waals surface area contributed by atoms with E-state index >= 15 is 0 Å². The third-order valence-electron chi connectivity index (χ3n) is 4.12. The Morgan fingerprint density at radius 3 is 2.92 bits per heavy atom. The van der Waals surface area contributed by atoms with Gasteiger partial charge in [0.15, 0.2) is 0 Å². The van der Waals surface area contributed by atoms with E-state index in [1.165, 1.54) is 17.4 Å². The maximum Gasteiger partial charge on any atom is 0.220 e. The molecule has 25 heavy (non-hydrogen) atoms. The number of aromatic nitrogens is 1. The Morgan fingerprint density at radius 1 is 1.32 bits per heavy atom. The van der Waals surface area contributed by atoms with Crippen LogP contribution in [0.2, 0.25) is 0 Å². The van der Waals surface area contributed by atoms with Crippen LogP contribution >= 0.6 is 11.3 Å². The summed E-state index contributed by atoms with van der Waals surface area (Å²) in [7, 11) is 0. The third kappa shape index (κ3) is 5.32. The molecule has 1 amide bonds. The molecule has 0 atom stereocenters. The van der Waals surface area contributed by atoms with Crippen molar-refractivity contribution in [3.05, 3.63) is 41.2 Å². The van der Waals surface area contributed by atoms with E-state index in [9.17, 15) is 9.18 Å². The molecule has 0 bridgehead atoms. The van der Waals surface area contributed by atoms with Gasteiger partial charge in [0, 0.05) is 43.5 Å². The number of nitrogens with zero attached hydrogens (tertiary/aromatic N) is 2. The highest BCUT2D eigenvalue weighted by molar-refractivity contribution is 7.13. The van der Waals surface area contributed by atoms with E-state index in [1.54, 1.807) is 18.2 Å². The van der Waals surface area contributed by atoms with Crippen LogP contribution in [-0.4, -0.2) is 55.2 Å². The minimum atomic E-state index is -0.274. The third-order valence-corrected chi connectivity index (χ3v) is 5.04. The van der Waals surface area contributed by atoms with E-state index in [2.05, 4.69) is 15.2 Å². The van der Waals surface area contributed by atoms with Crippen LogP contribution in [0.3, 0.4) is 0 Å². The molecule has 5 nitrogen and oxygen atoms in total. The number of carbonyl (C=O) groups excluding carboxylic acids is 1. The van der Waals surface area contributed by atoms with E-state index in [-0.39, 0.29) is 11.7 Å². The predicted octanol–water partition coefficient (Wildman–Crippen LogP) is 2.33. The van der Waals surface area contributed by atoms with E-state index in [0.29, 0.717) is 30.0 Å². The lowest BCUT2D eigenvalue weighted by Crippen LogP contribution is -2.41. The molecule has 0 unspecified atom stereocenters. The predicted molar refractivity (Wildman–Crippen MR) is 96.1 cm³/mol. The number of rotatable bonds is 7. The molecule has 0 aliphatic carbocycles. The summed E-state index contributed by atoms with van der Waals surface area (Å²) < 4.78 is 19.1. The number of hydrogen-bond acceptors (Lipinski definition) is 5. The fourth-order valence-electron chi connectivity index (χ4n) is 2.69. The molecule has 1 aliphatic rings. The molecular formula is C18H22FN3O2S. The summed E-state index contributed by atoms with van der Waals surface area (Å²) in [6.45, 7) is 4.88. The van der Waals surface area contributed by atoms with Crippen molar-refractivity contribution in [3.63, 3.8) is 0 Å². The number of hydrogen-bond donors (Lipinski definition) is 1. The Balaban J connectivity index is 1.41. The first-order chi connectivity index (χ1) is 12.2. The summed E-state index contributed by atoms with van der Waals surface area (Å²) in [5.74, 6) is -0.252. The Kier molecular flexibility index (Phi) is 6.49. The molecule has 0 spiro atoms. The lowest BCUT2D eigenvalue weighted by Gasteiger charge is -2.26. The van der Waals surface area contributed by atoms with Gasteiger partial charge in [0.2, 0.25) is 5.91 Å². The zero-order valence-electron chi connectivity index (χ0n) is 14.0. The maximum absolute atomic E-state index is 13.8. The molecule has 1 aliphatic heterocycles. The first kappa shape index (κ1) is 18.0. The van der Waals surface area contributed by atoms with Crippen molar-refractivity contribution < 1.29 is 13.9 Å². The Hall–Kier alpha value is -1.83. The minimum Gasteiger partial charge on any atom is -0.379 e. The lowest BCUT2D eigenvalue weighted by atomic mass is 10.2.